The van der Waals surface area contributed by atoms with Crippen molar-refractivity contribution in [3.63, 3.8) is 0 Å². The minimum atomic E-state index is -0.582. The van der Waals surface area contributed by atoms with E-state index in [1.54, 1.807) is 25.5 Å². The van der Waals surface area contributed by atoms with Crippen molar-refractivity contribution in [1.82, 2.24) is 14.7 Å². The van der Waals surface area contributed by atoms with Crippen LogP contribution in [0.15, 0.2) is 59.6 Å². The number of imide groups is 1. The molecule has 0 bridgehead atoms. The van der Waals surface area contributed by atoms with E-state index in [1.807, 2.05) is 35.2 Å². The van der Waals surface area contributed by atoms with Gasteiger partial charge in [0.15, 0.2) is 12.2 Å². The summed E-state index contributed by atoms with van der Waals surface area (Å²) in [5.74, 6) is -0.716. The molecule has 2 aromatic carbocycles. The number of hydrogen-bond donors (Lipinski definition) is 0. The van der Waals surface area contributed by atoms with Gasteiger partial charge in [-0.2, -0.15) is 0 Å². The van der Waals surface area contributed by atoms with Crippen molar-refractivity contribution in [2.45, 2.75) is 25.3 Å². The van der Waals surface area contributed by atoms with E-state index >= 15 is 0 Å². The lowest BCUT2D eigenvalue weighted by Gasteiger charge is -2.41. The lowest BCUT2D eigenvalue weighted by Crippen LogP contribution is -2.64. The zero-order valence-corrected chi connectivity index (χ0v) is 14.8. The van der Waals surface area contributed by atoms with E-state index in [-0.39, 0.29) is 12.5 Å². The number of aliphatic imine (C=N–C) groups is 1. The molecule has 7 heteroatoms. The van der Waals surface area contributed by atoms with Crippen LogP contribution in [0.4, 0.5) is 9.18 Å². The average Bonchev–Trinajstić information content (AvgIpc) is 3.08. The van der Waals surface area contributed by atoms with Gasteiger partial charge in [-0.05, 0) is 23.3 Å². The molecule has 27 heavy (non-hydrogen) atoms. The van der Waals surface area contributed by atoms with Crippen molar-refractivity contribution in [1.29, 1.82) is 0 Å². The molecule has 0 spiro atoms. The number of benzene rings is 2. The Labute approximate surface area is 156 Å². The van der Waals surface area contributed by atoms with Crippen LogP contribution in [-0.2, 0) is 17.9 Å². The van der Waals surface area contributed by atoms with E-state index in [0.717, 1.165) is 5.56 Å². The Morgan fingerprint density at radius 3 is 2.48 bits per heavy atom. The highest BCUT2D eigenvalue weighted by Crippen LogP contribution is 2.27. The van der Waals surface area contributed by atoms with Crippen LogP contribution >= 0.6 is 0 Å². The largest absolute Gasteiger partial charge is 0.343 e. The first-order valence-corrected chi connectivity index (χ1v) is 8.70. The Hall–Kier alpha value is -3.22. The molecule has 2 aliphatic heterocycles. The third kappa shape index (κ3) is 3.16. The van der Waals surface area contributed by atoms with Crippen molar-refractivity contribution in [2.75, 3.05) is 7.05 Å². The number of fused-ring (bicyclic) bond motifs is 1. The summed E-state index contributed by atoms with van der Waals surface area (Å²) in [6.45, 7) is 0.551. The molecule has 6 nitrogen and oxygen atoms in total. The standard InChI is InChI=1S/C20H19FN4O2/c1-23-18-17(24(13-22-18)11-14-6-3-2-4-7-14)19(26)25(20(23)27)12-15-8-5-9-16(21)10-15/h2-10,13,17-18H,11-12H2,1H3. The summed E-state index contributed by atoms with van der Waals surface area (Å²) in [6.07, 6.45) is 1.09. The monoisotopic (exact) mass is 366 g/mol. The van der Waals surface area contributed by atoms with E-state index in [1.165, 1.54) is 21.9 Å². The zero-order valence-electron chi connectivity index (χ0n) is 14.8. The van der Waals surface area contributed by atoms with Crippen molar-refractivity contribution < 1.29 is 14.0 Å². The van der Waals surface area contributed by atoms with Crippen molar-refractivity contribution in [3.05, 3.63) is 71.5 Å². The summed E-state index contributed by atoms with van der Waals surface area (Å²) < 4.78 is 13.5. The number of carbonyl (C=O) groups is 2. The lowest BCUT2D eigenvalue weighted by atomic mass is 10.1. The predicted octanol–water partition coefficient (Wildman–Crippen LogP) is 2.46. The minimum Gasteiger partial charge on any atom is -0.343 e. The molecule has 2 heterocycles. The van der Waals surface area contributed by atoms with E-state index in [4.69, 9.17) is 0 Å². The molecule has 2 unspecified atom stereocenters. The van der Waals surface area contributed by atoms with Crippen LogP contribution in [0.2, 0.25) is 0 Å². The van der Waals surface area contributed by atoms with Crippen LogP contribution in [0.5, 0.6) is 0 Å². The van der Waals surface area contributed by atoms with Gasteiger partial charge >= 0.3 is 6.03 Å². The number of urea groups is 1. The van der Waals surface area contributed by atoms with Gasteiger partial charge < -0.3 is 9.80 Å². The Bertz CT molecular complexity index is 902. The highest BCUT2D eigenvalue weighted by molar-refractivity contribution is 6.02. The fourth-order valence-corrected chi connectivity index (χ4v) is 3.51. The van der Waals surface area contributed by atoms with Gasteiger partial charge in [0.05, 0.1) is 12.9 Å². The van der Waals surface area contributed by atoms with Crippen LogP contribution in [0.25, 0.3) is 0 Å². The first-order valence-electron chi connectivity index (χ1n) is 8.70. The van der Waals surface area contributed by atoms with Gasteiger partial charge in [0, 0.05) is 13.6 Å². The highest BCUT2D eigenvalue weighted by atomic mass is 19.1. The molecule has 0 aliphatic carbocycles. The fourth-order valence-electron chi connectivity index (χ4n) is 3.51. The molecule has 3 amide bonds. The van der Waals surface area contributed by atoms with Crippen molar-refractivity contribution >= 4 is 18.3 Å². The second-order valence-corrected chi connectivity index (χ2v) is 6.73. The van der Waals surface area contributed by atoms with Crippen molar-refractivity contribution in [3.8, 4) is 0 Å². The first kappa shape index (κ1) is 17.2. The molecule has 1 saturated heterocycles. The molecular formula is C20H19FN4O2. The third-order valence-electron chi connectivity index (χ3n) is 4.89. The molecular weight excluding hydrogens is 347 g/mol. The maximum absolute atomic E-state index is 13.5. The summed E-state index contributed by atoms with van der Waals surface area (Å²) in [5, 5.41) is 0. The number of carbonyl (C=O) groups excluding carboxylic acids is 2. The Morgan fingerprint density at radius 2 is 1.74 bits per heavy atom. The van der Waals surface area contributed by atoms with Gasteiger partial charge in [0.2, 0.25) is 0 Å². The van der Waals surface area contributed by atoms with Crippen LogP contribution < -0.4 is 0 Å². The third-order valence-corrected chi connectivity index (χ3v) is 4.89. The smallest absolute Gasteiger partial charge is 0.328 e. The van der Waals surface area contributed by atoms with Crippen LogP contribution in [0.1, 0.15) is 11.1 Å². The molecule has 0 aromatic heterocycles. The molecule has 2 aromatic rings. The maximum atomic E-state index is 13.5. The number of amides is 3. The second-order valence-electron chi connectivity index (χ2n) is 6.73. The first-order chi connectivity index (χ1) is 13.0. The van der Waals surface area contributed by atoms with Gasteiger partial charge in [0.1, 0.15) is 5.82 Å². The maximum Gasteiger partial charge on any atom is 0.328 e. The van der Waals surface area contributed by atoms with Gasteiger partial charge in [-0.1, -0.05) is 42.5 Å². The van der Waals surface area contributed by atoms with E-state index < -0.39 is 24.1 Å². The number of rotatable bonds is 4. The quantitative estimate of drug-likeness (QED) is 0.835. The molecule has 0 saturated carbocycles. The molecule has 2 aliphatic rings. The Balaban J connectivity index is 1.58. The average molecular weight is 366 g/mol. The molecule has 2 atom stereocenters. The second kappa shape index (κ2) is 6.83. The van der Waals surface area contributed by atoms with Gasteiger partial charge in [-0.25, -0.2) is 14.2 Å². The van der Waals surface area contributed by atoms with E-state index in [0.29, 0.717) is 12.1 Å². The number of nitrogens with zero attached hydrogens (tertiary/aromatic N) is 4. The Kier molecular flexibility index (Phi) is 4.35. The summed E-state index contributed by atoms with van der Waals surface area (Å²) in [5.41, 5.74) is 1.62. The Morgan fingerprint density at radius 1 is 1.00 bits per heavy atom. The SMILES string of the molecule is CN1C(=O)N(Cc2cccc(F)c2)C(=O)C2C1N=CN2Cc1ccccc1. The van der Waals surface area contributed by atoms with Gasteiger partial charge in [-0.15, -0.1) is 0 Å². The van der Waals surface area contributed by atoms with Crippen LogP contribution in [0.3, 0.4) is 0 Å². The molecule has 1 fully saturated rings. The number of hydrogen-bond acceptors (Lipinski definition) is 4. The van der Waals surface area contributed by atoms with E-state index in [2.05, 4.69) is 4.99 Å². The fraction of sp³-hybridized carbons (Fsp3) is 0.250. The summed E-state index contributed by atoms with van der Waals surface area (Å²) in [6, 6.07) is 14.7. The molecule has 0 N–H and O–H groups in total. The summed E-state index contributed by atoms with van der Waals surface area (Å²) in [7, 11) is 1.63. The highest BCUT2D eigenvalue weighted by Gasteiger charge is 2.49. The topological polar surface area (TPSA) is 56.2 Å². The lowest BCUT2D eigenvalue weighted by molar-refractivity contribution is -0.138. The van der Waals surface area contributed by atoms with Gasteiger partial charge in [-0.3, -0.25) is 9.69 Å². The molecule has 4 rings (SSSR count). The number of likely N-dealkylation sites (N-methyl/N-ethyl adjacent to an activating group) is 1. The van der Waals surface area contributed by atoms with Crippen LogP contribution in [-0.4, -0.2) is 52.2 Å². The van der Waals surface area contributed by atoms with Crippen molar-refractivity contribution in [2.24, 2.45) is 4.99 Å². The normalized spacial score (nSPS) is 21.8. The summed E-state index contributed by atoms with van der Waals surface area (Å²) >= 11 is 0. The molecule has 0 radical (unpaired) electrons. The molecule has 138 valence electrons. The van der Waals surface area contributed by atoms with Crippen LogP contribution in [0, 0.1) is 5.82 Å². The predicted molar refractivity (Wildman–Crippen MR) is 98.2 cm³/mol. The minimum absolute atomic E-state index is 0.0299. The summed E-state index contributed by atoms with van der Waals surface area (Å²) in [4.78, 5) is 34.7. The zero-order chi connectivity index (χ0) is 19.0. The van der Waals surface area contributed by atoms with Gasteiger partial charge in [0.25, 0.3) is 5.91 Å². The number of halogens is 1. The van der Waals surface area contributed by atoms with E-state index in [9.17, 15) is 14.0 Å².